The Morgan fingerprint density at radius 2 is 2.06 bits per heavy atom. The summed E-state index contributed by atoms with van der Waals surface area (Å²) in [4.78, 5) is 16.3. The summed E-state index contributed by atoms with van der Waals surface area (Å²) in [6.07, 6.45) is 5.43. The lowest BCUT2D eigenvalue weighted by molar-refractivity contribution is 0.600. The molecule has 2 heterocycles. The van der Waals surface area contributed by atoms with Gasteiger partial charge in [-0.15, -0.1) is 22.9 Å². The molecule has 0 saturated heterocycles. The van der Waals surface area contributed by atoms with Crippen molar-refractivity contribution in [2.75, 3.05) is 0 Å². The average molecular weight is 286 g/mol. The summed E-state index contributed by atoms with van der Waals surface area (Å²) in [6, 6.07) is 0. The summed E-state index contributed by atoms with van der Waals surface area (Å²) in [6.45, 7) is 3.51. The van der Waals surface area contributed by atoms with E-state index in [1.807, 2.05) is 17.8 Å². The lowest BCUT2D eigenvalue weighted by atomic mass is 10.4. The number of halogens is 1. The molecule has 0 amide bonds. The first-order valence-corrected chi connectivity index (χ1v) is 7.40. The van der Waals surface area contributed by atoms with Gasteiger partial charge in [0.2, 0.25) is 0 Å². The highest BCUT2D eigenvalue weighted by Crippen LogP contribution is 2.12. The fourth-order valence-corrected chi connectivity index (χ4v) is 2.79. The Kier molecular flexibility index (Phi) is 4.60. The quantitative estimate of drug-likeness (QED) is 0.765. The molecule has 0 N–H and O–H groups in total. The standard InChI is InChI=1S/C12H16ClN3OS/c1-2-4-15-6-7-16(12(15)17)5-3-11-14-10(8-13)9-18-11/h6-7,9H,2-5,8H2,1H3. The zero-order valence-electron chi connectivity index (χ0n) is 10.3. The van der Waals surface area contributed by atoms with E-state index in [-0.39, 0.29) is 5.69 Å². The second-order valence-corrected chi connectivity index (χ2v) is 5.29. The van der Waals surface area contributed by atoms with Crippen LogP contribution < -0.4 is 5.69 Å². The van der Waals surface area contributed by atoms with Gasteiger partial charge < -0.3 is 0 Å². The highest BCUT2D eigenvalue weighted by atomic mass is 35.5. The molecular formula is C12H16ClN3OS. The van der Waals surface area contributed by atoms with Crippen LogP contribution in [-0.2, 0) is 25.4 Å². The Morgan fingerprint density at radius 3 is 2.67 bits per heavy atom. The molecule has 0 aliphatic heterocycles. The normalized spacial score (nSPS) is 11.0. The third-order valence-corrected chi connectivity index (χ3v) is 3.92. The number of thiazole rings is 1. The van der Waals surface area contributed by atoms with Gasteiger partial charge in [0.1, 0.15) is 0 Å². The number of imidazole rings is 1. The Labute approximate surface area is 115 Å². The molecule has 0 aromatic carbocycles. The number of aryl methyl sites for hydroxylation is 3. The zero-order chi connectivity index (χ0) is 13.0. The molecule has 2 rings (SSSR count). The van der Waals surface area contributed by atoms with Crippen molar-refractivity contribution in [3.63, 3.8) is 0 Å². The lowest BCUT2D eigenvalue weighted by Gasteiger charge is -1.99. The smallest absolute Gasteiger partial charge is 0.299 e. The molecule has 0 atom stereocenters. The molecule has 4 nitrogen and oxygen atoms in total. The van der Waals surface area contributed by atoms with Crippen LogP contribution in [0.4, 0.5) is 0 Å². The second-order valence-electron chi connectivity index (χ2n) is 4.08. The predicted octanol–water partition coefficient (Wildman–Crippen LogP) is 2.50. The molecule has 0 spiro atoms. The van der Waals surface area contributed by atoms with Crippen molar-refractivity contribution in [2.45, 2.75) is 38.7 Å². The fraction of sp³-hybridized carbons (Fsp3) is 0.500. The van der Waals surface area contributed by atoms with Gasteiger partial charge in [-0.25, -0.2) is 9.78 Å². The van der Waals surface area contributed by atoms with Gasteiger partial charge in [-0.05, 0) is 6.42 Å². The second kappa shape index (κ2) is 6.20. The van der Waals surface area contributed by atoms with E-state index >= 15 is 0 Å². The first kappa shape index (κ1) is 13.4. The van der Waals surface area contributed by atoms with Crippen LogP contribution in [-0.4, -0.2) is 14.1 Å². The maximum atomic E-state index is 11.9. The van der Waals surface area contributed by atoms with E-state index in [1.165, 1.54) is 0 Å². The first-order chi connectivity index (χ1) is 8.74. The summed E-state index contributed by atoms with van der Waals surface area (Å²) >= 11 is 7.30. The molecule has 98 valence electrons. The van der Waals surface area contributed by atoms with E-state index in [1.54, 1.807) is 20.5 Å². The lowest BCUT2D eigenvalue weighted by Crippen LogP contribution is -2.24. The van der Waals surface area contributed by atoms with Crippen molar-refractivity contribution >= 4 is 22.9 Å². The van der Waals surface area contributed by atoms with Crippen molar-refractivity contribution in [1.29, 1.82) is 0 Å². The Bertz CT molecular complexity index is 558. The van der Waals surface area contributed by atoms with Crippen LogP contribution in [0.25, 0.3) is 0 Å². The summed E-state index contributed by atoms with van der Waals surface area (Å²) in [5.41, 5.74) is 0.971. The number of aromatic nitrogens is 3. The van der Waals surface area contributed by atoms with Crippen molar-refractivity contribution in [3.8, 4) is 0 Å². The molecule has 0 fully saturated rings. The Balaban J connectivity index is 1.99. The van der Waals surface area contributed by atoms with Crippen molar-refractivity contribution < 1.29 is 0 Å². The number of hydrogen-bond donors (Lipinski definition) is 0. The first-order valence-electron chi connectivity index (χ1n) is 5.99. The highest BCUT2D eigenvalue weighted by molar-refractivity contribution is 7.09. The van der Waals surface area contributed by atoms with E-state index in [0.29, 0.717) is 12.4 Å². The summed E-state index contributed by atoms with van der Waals surface area (Å²) in [5, 5.41) is 2.99. The highest BCUT2D eigenvalue weighted by Gasteiger charge is 2.05. The largest absolute Gasteiger partial charge is 0.328 e. The number of rotatable bonds is 6. The molecule has 2 aromatic rings. The molecule has 0 bridgehead atoms. The van der Waals surface area contributed by atoms with Crippen molar-refractivity contribution in [2.24, 2.45) is 0 Å². The van der Waals surface area contributed by atoms with Crippen LogP contribution in [0.2, 0.25) is 0 Å². The minimum atomic E-state index is 0.0611. The van der Waals surface area contributed by atoms with Gasteiger partial charge in [0, 0.05) is 37.3 Å². The van der Waals surface area contributed by atoms with Crippen LogP contribution in [0.15, 0.2) is 22.6 Å². The van der Waals surface area contributed by atoms with Crippen LogP contribution in [0.5, 0.6) is 0 Å². The van der Waals surface area contributed by atoms with E-state index < -0.39 is 0 Å². The molecule has 0 aliphatic rings. The van der Waals surface area contributed by atoms with Gasteiger partial charge in [-0.1, -0.05) is 6.92 Å². The van der Waals surface area contributed by atoms with Crippen LogP contribution >= 0.6 is 22.9 Å². The predicted molar refractivity (Wildman–Crippen MR) is 74.4 cm³/mol. The zero-order valence-corrected chi connectivity index (χ0v) is 11.9. The molecule has 0 aliphatic carbocycles. The van der Waals surface area contributed by atoms with Crippen molar-refractivity contribution in [3.05, 3.63) is 39.0 Å². The van der Waals surface area contributed by atoms with Gasteiger partial charge >= 0.3 is 5.69 Å². The van der Waals surface area contributed by atoms with E-state index in [9.17, 15) is 4.79 Å². The molecule has 18 heavy (non-hydrogen) atoms. The number of alkyl halides is 1. The molecular weight excluding hydrogens is 270 g/mol. The van der Waals surface area contributed by atoms with Gasteiger partial charge in [0.05, 0.1) is 16.6 Å². The fourth-order valence-electron chi connectivity index (χ4n) is 1.78. The van der Waals surface area contributed by atoms with Crippen LogP contribution in [0.3, 0.4) is 0 Å². The van der Waals surface area contributed by atoms with Gasteiger partial charge in [-0.3, -0.25) is 9.13 Å². The summed E-state index contributed by atoms with van der Waals surface area (Å²) in [5.74, 6) is 0.448. The van der Waals surface area contributed by atoms with Crippen LogP contribution in [0, 0.1) is 0 Å². The molecule has 0 saturated carbocycles. The minimum Gasteiger partial charge on any atom is -0.299 e. The summed E-state index contributed by atoms with van der Waals surface area (Å²) < 4.78 is 3.48. The SMILES string of the molecule is CCCn1ccn(CCc2nc(CCl)cs2)c1=O. The number of hydrogen-bond acceptors (Lipinski definition) is 3. The minimum absolute atomic E-state index is 0.0611. The third kappa shape index (κ3) is 3.03. The maximum absolute atomic E-state index is 11.9. The average Bonchev–Trinajstić information content (AvgIpc) is 2.96. The monoisotopic (exact) mass is 285 g/mol. The Hall–Kier alpha value is -1.07. The summed E-state index contributed by atoms with van der Waals surface area (Å²) in [7, 11) is 0. The maximum Gasteiger partial charge on any atom is 0.328 e. The van der Waals surface area contributed by atoms with Crippen molar-refractivity contribution in [1.82, 2.24) is 14.1 Å². The molecule has 0 unspecified atom stereocenters. The molecule has 0 radical (unpaired) electrons. The molecule has 6 heteroatoms. The Morgan fingerprint density at radius 1 is 1.33 bits per heavy atom. The van der Waals surface area contributed by atoms with E-state index in [2.05, 4.69) is 11.9 Å². The third-order valence-electron chi connectivity index (χ3n) is 2.69. The van der Waals surface area contributed by atoms with Gasteiger partial charge in [0.25, 0.3) is 0 Å². The topological polar surface area (TPSA) is 39.8 Å². The van der Waals surface area contributed by atoms with Crippen LogP contribution in [0.1, 0.15) is 24.0 Å². The number of nitrogens with zero attached hydrogens (tertiary/aromatic N) is 3. The van der Waals surface area contributed by atoms with E-state index in [4.69, 9.17) is 11.6 Å². The van der Waals surface area contributed by atoms with Gasteiger partial charge in [0.15, 0.2) is 0 Å². The molecule has 2 aromatic heterocycles. The van der Waals surface area contributed by atoms with E-state index in [0.717, 1.165) is 30.1 Å². The van der Waals surface area contributed by atoms with Gasteiger partial charge in [-0.2, -0.15) is 0 Å².